The molecule has 1 aliphatic rings. The lowest BCUT2D eigenvalue weighted by molar-refractivity contribution is 0.00424. The van der Waals surface area contributed by atoms with Crippen molar-refractivity contribution in [2.24, 2.45) is 5.92 Å². The van der Waals surface area contributed by atoms with Crippen LogP contribution in [0.5, 0.6) is 0 Å². The van der Waals surface area contributed by atoms with E-state index in [2.05, 4.69) is 11.4 Å². The third-order valence-electron chi connectivity index (χ3n) is 4.57. The summed E-state index contributed by atoms with van der Waals surface area (Å²) in [7, 11) is 3.91. The van der Waals surface area contributed by atoms with Crippen molar-refractivity contribution in [1.82, 2.24) is 5.32 Å². The van der Waals surface area contributed by atoms with Gasteiger partial charge < -0.3 is 15.3 Å². The molecule has 1 fully saturated rings. The van der Waals surface area contributed by atoms with E-state index in [1.54, 1.807) is 12.1 Å². The molecule has 2 aromatic rings. The number of hydrogen-bond donors (Lipinski definition) is 2. The molecule has 0 aliphatic carbocycles. The van der Waals surface area contributed by atoms with Crippen molar-refractivity contribution < 1.29 is 5.11 Å². The Labute approximate surface area is 157 Å². The second-order valence-corrected chi connectivity index (χ2v) is 7.21. The van der Waals surface area contributed by atoms with Crippen LogP contribution in [0.15, 0.2) is 48.5 Å². The number of nitrogens with one attached hydrogen (secondary N) is 1. The molecule has 2 N–H and O–H groups in total. The van der Waals surface area contributed by atoms with Gasteiger partial charge in [-0.2, -0.15) is 5.26 Å². The first kappa shape index (κ1) is 17.7. The van der Waals surface area contributed by atoms with Crippen molar-refractivity contribution in [3.8, 4) is 6.07 Å². The van der Waals surface area contributed by atoms with E-state index in [0.717, 1.165) is 11.3 Å². The minimum atomic E-state index is -1.45. The Balaban J connectivity index is 2.09. The highest BCUT2D eigenvalue weighted by molar-refractivity contribution is 7.80. The van der Waals surface area contributed by atoms with Crippen molar-refractivity contribution >= 4 is 34.5 Å². The monoisotopic (exact) mass is 371 g/mol. The molecule has 0 aromatic heterocycles. The Hall–Kier alpha value is -2.13. The van der Waals surface area contributed by atoms with Gasteiger partial charge in [-0.05, 0) is 29.8 Å². The smallest absolute Gasteiger partial charge is 0.171 e. The number of benzene rings is 2. The third kappa shape index (κ3) is 3.09. The molecule has 3 unspecified atom stereocenters. The standard InChI is InChI=1S/C19H18ClN3OS/c1-23(2)15-9-5-13(6-10-15)19(24)17(16(11-21)18(25)22-19)12-3-7-14(20)8-4-12/h3-10,16-17,24H,1-2H3,(H,22,25). The van der Waals surface area contributed by atoms with Crippen LogP contribution >= 0.6 is 23.8 Å². The van der Waals surface area contributed by atoms with Crippen LogP contribution in [-0.4, -0.2) is 24.2 Å². The molecule has 0 amide bonds. The highest BCUT2D eigenvalue weighted by Gasteiger charge is 2.52. The maximum atomic E-state index is 11.5. The number of nitriles is 1. The zero-order chi connectivity index (χ0) is 18.2. The topological polar surface area (TPSA) is 59.3 Å². The number of anilines is 1. The quantitative estimate of drug-likeness (QED) is 0.810. The van der Waals surface area contributed by atoms with Crippen LogP contribution < -0.4 is 10.2 Å². The lowest BCUT2D eigenvalue weighted by atomic mass is 9.79. The molecule has 2 aromatic carbocycles. The Morgan fingerprint density at radius 2 is 1.76 bits per heavy atom. The molecule has 0 spiro atoms. The van der Waals surface area contributed by atoms with Crippen molar-refractivity contribution in [2.45, 2.75) is 11.6 Å². The van der Waals surface area contributed by atoms with Gasteiger partial charge in [0.25, 0.3) is 0 Å². The zero-order valence-electron chi connectivity index (χ0n) is 13.9. The minimum Gasteiger partial charge on any atom is -0.378 e. The fourth-order valence-corrected chi connectivity index (χ4v) is 3.71. The van der Waals surface area contributed by atoms with Crippen LogP contribution in [0.25, 0.3) is 0 Å². The first-order valence-corrected chi connectivity index (χ1v) is 8.63. The lowest BCUT2D eigenvalue weighted by Gasteiger charge is -2.31. The summed E-state index contributed by atoms with van der Waals surface area (Å²) >= 11 is 11.3. The van der Waals surface area contributed by atoms with Crippen LogP contribution in [-0.2, 0) is 5.72 Å². The summed E-state index contributed by atoms with van der Waals surface area (Å²) in [5.41, 5.74) is 1.05. The van der Waals surface area contributed by atoms with Gasteiger partial charge in [0.05, 0.1) is 17.0 Å². The molecular weight excluding hydrogens is 354 g/mol. The summed E-state index contributed by atoms with van der Waals surface area (Å²) < 4.78 is 0. The highest BCUT2D eigenvalue weighted by Crippen LogP contribution is 2.45. The van der Waals surface area contributed by atoms with Crippen molar-refractivity contribution in [1.29, 1.82) is 5.26 Å². The van der Waals surface area contributed by atoms with Crippen LogP contribution in [0.4, 0.5) is 5.69 Å². The highest BCUT2D eigenvalue weighted by atomic mass is 35.5. The van der Waals surface area contributed by atoms with Crippen LogP contribution in [0.3, 0.4) is 0 Å². The van der Waals surface area contributed by atoms with Gasteiger partial charge in [-0.15, -0.1) is 0 Å². The van der Waals surface area contributed by atoms with Crippen molar-refractivity contribution in [3.05, 3.63) is 64.7 Å². The Morgan fingerprint density at radius 3 is 2.28 bits per heavy atom. The third-order valence-corrected chi connectivity index (χ3v) is 5.18. The maximum Gasteiger partial charge on any atom is 0.171 e. The summed E-state index contributed by atoms with van der Waals surface area (Å²) in [6, 6.07) is 16.9. The molecule has 4 nitrogen and oxygen atoms in total. The fourth-order valence-electron chi connectivity index (χ4n) is 3.24. The molecule has 3 atom stereocenters. The summed E-state index contributed by atoms with van der Waals surface area (Å²) in [5, 5.41) is 24.6. The molecule has 1 aliphatic heterocycles. The molecule has 0 saturated carbocycles. The number of aliphatic hydroxyl groups is 1. The number of hydrogen-bond acceptors (Lipinski definition) is 4. The summed E-state index contributed by atoms with van der Waals surface area (Å²) in [5.74, 6) is -1.14. The average molecular weight is 372 g/mol. The number of thiocarbonyl (C=S) groups is 1. The van der Waals surface area contributed by atoms with Gasteiger partial charge in [-0.3, -0.25) is 0 Å². The van der Waals surface area contributed by atoms with Gasteiger partial charge in [0.2, 0.25) is 0 Å². The van der Waals surface area contributed by atoms with Crippen LogP contribution in [0.2, 0.25) is 5.02 Å². The second kappa shape index (κ2) is 6.64. The summed E-state index contributed by atoms with van der Waals surface area (Å²) in [6.07, 6.45) is 0. The molecule has 1 saturated heterocycles. The van der Waals surface area contributed by atoms with Gasteiger partial charge in [0.15, 0.2) is 5.72 Å². The van der Waals surface area contributed by atoms with Crippen LogP contribution in [0, 0.1) is 17.2 Å². The van der Waals surface area contributed by atoms with Gasteiger partial charge in [0.1, 0.15) is 5.92 Å². The van der Waals surface area contributed by atoms with E-state index in [1.807, 2.05) is 55.4 Å². The number of rotatable bonds is 3. The van der Waals surface area contributed by atoms with E-state index in [1.165, 1.54) is 0 Å². The predicted octanol–water partition coefficient (Wildman–Crippen LogP) is 3.41. The molecule has 25 heavy (non-hydrogen) atoms. The lowest BCUT2D eigenvalue weighted by Crippen LogP contribution is -2.41. The summed E-state index contributed by atoms with van der Waals surface area (Å²) in [4.78, 5) is 2.33. The van der Waals surface area contributed by atoms with Crippen molar-refractivity contribution in [3.63, 3.8) is 0 Å². The molecule has 0 radical (unpaired) electrons. The Kier molecular flexibility index (Phi) is 4.70. The van der Waals surface area contributed by atoms with E-state index in [9.17, 15) is 10.4 Å². The Bertz CT molecular complexity index is 829. The van der Waals surface area contributed by atoms with Crippen LogP contribution in [0.1, 0.15) is 17.0 Å². The van der Waals surface area contributed by atoms with Gasteiger partial charge in [0, 0.05) is 30.4 Å². The number of nitrogens with zero attached hydrogens (tertiary/aromatic N) is 2. The molecule has 3 rings (SSSR count). The minimum absolute atomic E-state index is 0.349. The molecule has 128 valence electrons. The van der Waals surface area contributed by atoms with E-state index in [-0.39, 0.29) is 0 Å². The SMILES string of the molecule is CN(C)c1ccc(C2(O)NC(=S)C(C#N)C2c2ccc(Cl)cc2)cc1. The molecule has 1 heterocycles. The van der Waals surface area contributed by atoms with E-state index in [4.69, 9.17) is 23.8 Å². The average Bonchev–Trinajstić information content (AvgIpc) is 2.86. The first-order chi connectivity index (χ1) is 11.9. The zero-order valence-corrected chi connectivity index (χ0v) is 15.5. The van der Waals surface area contributed by atoms with E-state index in [0.29, 0.717) is 15.6 Å². The Morgan fingerprint density at radius 1 is 1.16 bits per heavy atom. The summed E-state index contributed by atoms with van der Waals surface area (Å²) in [6.45, 7) is 0. The predicted molar refractivity (Wildman–Crippen MR) is 104 cm³/mol. The van der Waals surface area contributed by atoms with Gasteiger partial charge >= 0.3 is 0 Å². The second-order valence-electron chi connectivity index (χ2n) is 6.33. The van der Waals surface area contributed by atoms with Crippen molar-refractivity contribution in [2.75, 3.05) is 19.0 Å². The fraction of sp³-hybridized carbons (Fsp3) is 0.263. The normalized spacial score (nSPS) is 25.3. The van der Waals surface area contributed by atoms with E-state index >= 15 is 0 Å². The van der Waals surface area contributed by atoms with Gasteiger partial charge in [-0.1, -0.05) is 48.1 Å². The largest absolute Gasteiger partial charge is 0.378 e. The molecule has 0 bridgehead atoms. The molecule has 6 heteroatoms. The molecular formula is C19H18ClN3OS. The van der Waals surface area contributed by atoms with Gasteiger partial charge in [-0.25, -0.2) is 0 Å². The van der Waals surface area contributed by atoms with E-state index < -0.39 is 17.6 Å². The first-order valence-electron chi connectivity index (χ1n) is 7.84. The maximum absolute atomic E-state index is 11.5. The number of halogens is 1.